The monoisotopic (exact) mass is 434 g/mol. The quantitative estimate of drug-likeness (QED) is 0.599. The second kappa shape index (κ2) is 9.13. The van der Waals surface area contributed by atoms with E-state index in [1.807, 2.05) is 30.6 Å². The van der Waals surface area contributed by atoms with Gasteiger partial charge in [0.1, 0.15) is 0 Å². The summed E-state index contributed by atoms with van der Waals surface area (Å²) in [5.41, 5.74) is 3.19. The summed E-state index contributed by atoms with van der Waals surface area (Å²) in [6, 6.07) is 14.3. The second-order valence-electron chi connectivity index (χ2n) is 7.79. The molecule has 0 bridgehead atoms. The predicted molar refractivity (Wildman–Crippen MR) is 123 cm³/mol. The van der Waals surface area contributed by atoms with E-state index >= 15 is 0 Å². The van der Waals surface area contributed by atoms with Crippen molar-refractivity contribution < 1.29 is 4.74 Å². The maximum Gasteiger partial charge on any atom is 0.170 e. The van der Waals surface area contributed by atoms with Crippen LogP contribution in [0.5, 0.6) is 0 Å². The predicted octanol–water partition coefficient (Wildman–Crippen LogP) is 2.57. The number of hydrogen-bond donors (Lipinski definition) is 1. The van der Waals surface area contributed by atoms with Crippen molar-refractivity contribution in [3.63, 3.8) is 0 Å². The smallest absolute Gasteiger partial charge is 0.170 e. The third-order valence-corrected chi connectivity index (χ3v) is 6.32. The topological polar surface area (TPSA) is 58.5 Å². The number of nitrogens with zero attached hydrogens (tertiary/aromatic N) is 5. The van der Waals surface area contributed by atoms with Gasteiger partial charge in [-0.25, -0.2) is 0 Å². The van der Waals surface area contributed by atoms with E-state index < -0.39 is 0 Å². The Balaban J connectivity index is 1.49. The number of rotatable bonds is 6. The molecule has 2 aliphatic rings. The molecule has 5 heterocycles. The number of aromatic nitrogens is 3. The summed E-state index contributed by atoms with van der Waals surface area (Å²) in [6.07, 6.45) is 7.61. The third-order valence-electron chi connectivity index (χ3n) is 5.97. The molecule has 0 spiro atoms. The van der Waals surface area contributed by atoms with Gasteiger partial charge in [0.05, 0.1) is 42.9 Å². The molecule has 0 aromatic carbocycles. The van der Waals surface area contributed by atoms with Crippen LogP contribution < -0.4 is 5.32 Å². The number of ether oxygens (including phenoxy) is 1. The lowest BCUT2D eigenvalue weighted by Gasteiger charge is -2.32. The van der Waals surface area contributed by atoms with Crippen molar-refractivity contribution in [1.29, 1.82) is 0 Å². The van der Waals surface area contributed by atoms with Crippen molar-refractivity contribution in [2.75, 3.05) is 39.4 Å². The van der Waals surface area contributed by atoms with Crippen LogP contribution in [0.1, 0.15) is 23.5 Å². The van der Waals surface area contributed by atoms with Gasteiger partial charge in [0.15, 0.2) is 5.11 Å². The third kappa shape index (κ3) is 4.19. The SMILES string of the molecule is S=C1NC(c2ccccn2)C(c2cccn2-c2cccnc2)N1CCN1CCOCC1. The lowest BCUT2D eigenvalue weighted by atomic mass is 10.0. The lowest BCUT2D eigenvalue weighted by Crippen LogP contribution is -2.42. The number of pyridine rings is 2. The molecule has 160 valence electrons. The molecule has 1 N–H and O–H groups in total. The Morgan fingerprint density at radius 1 is 1.03 bits per heavy atom. The van der Waals surface area contributed by atoms with E-state index in [9.17, 15) is 0 Å². The Kier molecular flexibility index (Phi) is 5.93. The summed E-state index contributed by atoms with van der Waals surface area (Å²) in [5, 5.41) is 4.32. The lowest BCUT2D eigenvalue weighted by molar-refractivity contribution is 0.0349. The van der Waals surface area contributed by atoms with Crippen LogP contribution in [0.3, 0.4) is 0 Å². The minimum Gasteiger partial charge on any atom is -0.379 e. The summed E-state index contributed by atoms with van der Waals surface area (Å²) in [4.78, 5) is 13.7. The molecule has 0 radical (unpaired) electrons. The fourth-order valence-corrected chi connectivity index (χ4v) is 4.74. The first-order chi connectivity index (χ1) is 15.3. The van der Waals surface area contributed by atoms with Crippen LogP contribution in [0, 0.1) is 0 Å². The molecule has 2 unspecified atom stereocenters. The zero-order chi connectivity index (χ0) is 21.0. The average molecular weight is 435 g/mol. The summed E-state index contributed by atoms with van der Waals surface area (Å²) < 4.78 is 7.70. The summed E-state index contributed by atoms with van der Waals surface area (Å²) in [6.45, 7) is 5.32. The van der Waals surface area contributed by atoms with Crippen molar-refractivity contribution in [3.05, 3.63) is 78.6 Å². The van der Waals surface area contributed by atoms with Crippen molar-refractivity contribution in [3.8, 4) is 5.69 Å². The van der Waals surface area contributed by atoms with Crippen molar-refractivity contribution in [2.45, 2.75) is 12.1 Å². The number of nitrogens with one attached hydrogen (secondary N) is 1. The molecule has 2 fully saturated rings. The fraction of sp³-hybridized carbons (Fsp3) is 0.348. The number of morpholine rings is 1. The van der Waals surface area contributed by atoms with E-state index in [2.05, 4.69) is 60.1 Å². The first-order valence-corrected chi connectivity index (χ1v) is 11.1. The molecular formula is C23H26N6OS. The molecule has 0 saturated carbocycles. The Hall–Kier alpha value is -2.81. The highest BCUT2D eigenvalue weighted by molar-refractivity contribution is 7.80. The van der Waals surface area contributed by atoms with Crippen LogP contribution in [0.15, 0.2) is 67.3 Å². The van der Waals surface area contributed by atoms with E-state index in [4.69, 9.17) is 17.0 Å². The van der Waals surface area contributed by atoms with Crippen molar-refractivity contribution in [1.82, 2.24) is 29.7 Å². The van der Waals surface area contributed by atoms with E-state index in [-0.39, 0.29) is 12.1 Å². The molecule has 8 heteroatoms. The Bertz CT molecular complexity index is 1010. The fourth-order valence-electron chi connectivity index (χ4n) is 4.41. The van der Waals surface area contributed by atoms with Crippen molar-refractivity contribution in [2.24, 2.45) is 0 Å². The minimum atomic E-state index is -0.0243. The van der Waals surface area contributed by atoms with Gasteiger partial charge < -0.3 is 19.5 Å². The maximum absolute atomic E-state index is 5.82. The highest BCUT2D eigenvalue weighted by atomic mass is 32.1. The van der Waals surface area contributed by atoms with Crippen LogP contribution in [0.25, 0.3) is 5.69 Å². The molecule has 31 heavy (non-hydrogen) atoms. The van der Waals surface area contributed by atoms with Crippen LogP contribution in [-0.4, -0.2) is 68.8 Å². The normalized spacial score (nSPS) is 21.9. The minimum absolute atomic E-state index is 0.0243. The van der Waals surface area contributed by atoms with Gasteiger partial charge >= 0.3 is 0 Å². The van der Waals surface area contributed by atoms with Gasteiger partial charge in [-0.05, 0) is 48.6 Å². The number of thiocarbonyl (C=S) groups is 1. The Morgan fingerprint density at radius 3 is 2.71 bits per heavy atom. The molecule has 0 amide bonds. The average Bonchev–Trinajstić information content (AvgIpc) is 3.44. The highest BCUT2D eigenvalue weighted by Gasteiger charge is 2.41. The van der Waals surface area contributed by atoms with Gasteiger partial charge in [0.25, 0.3) is 0 Å². The van der Waals surface area contributed by atoms with Crippen molar-refractivity contribution >= 4 is 17.3 Å². The van der Waals surface area contributed by atoms with Gasteiger partial charge in [-0.3, -0.25) is 14.9 Å². The molecule has 3 aromatic heterocycles. The molecule has 3 aromatic rings. The van der Waals surface area contributed by atoms with Gasteiger partial charge in [0.2, 0.25) is 0 Å². The van der Waals surface area contributed by atoms with Crippen LogP contribution in [0.2, 0.25) is 0 Å². The Morgan fingerprint density at radius 2 is 1.94 bits per heavy atom. The molecule has 7 nitrogen and oxygen atoms in total. The van der Waals surface area contributed by atoms with Gasteiger partial charge in [-0.1, -0.05) is 6.07 Å². The van der Waals surface area contributed by atoms with E-state index in [0.717, 1.165) is 61.6 Å². The van der Waals surface area contributed by atoms with Crippen LogP contribution >= 0.6 is 12.2 Å². The number of hydrogen-bond acceptors (Lipinski definition) is 5. The summed E-state index contributed by atoms with van der Waals surface area (Å²) in [5.74, 6) is 0. The first-order valence-electron chi connectivity index (χ1n) is 10.7. The van der Waals surface area contributed by atoms with Gasteiger partial charge in [0, 0.05) is 50.5 Å². The van der Waals surface area contributed by atoms with E-state index in [1.54, 1.807) is 6.20 Å². The maximum atomic E-state index is 5.82. The Labute approximate surface area is 187 Å². The van der Waals surface area contributed by atoms with Crippen LogP contribution in [-0.2, 0) is 4.74 Å². The molecule has 2 saturated heterocycles. The molecule has 5 rings (SSSR count). The summed E-state index contributed by atoms with van der Waals surface area (Å²) in [7, 11) is 0. The second-order valence-corrected chi connectivity index (χ2v) is 8.17. The summed E-state index contributed by atoms with van der Waals surface area (Å²) >= 11 is 5.82. The van der Waals surface area contributed by atoms with Crippen LogP contribution in [0.4, 0.5) is 0 Å². The molecule has 0 aliphatic carbocycles. The molecule has 2 aliphatic heterocycles. The molecular weight excluding hydrogens is 408 g/mol. The highest BCUT2D eigenvalue weighted by Crippen LogP contribution is 2.39. The van der Waals surface area contributed by atoms with E-state index in [0.29, 0.717) is 0 Å². The zero-order valence-corrected chi connectivity index (χ0v) is 18.1. The van der Waals surface area contributed by atoms with Gasteiger partial charge in [-0.15, -0.1) is 0 Å². The van der Waals surface area contributed by atoms with Gasteiger partial charge in [-0.2, -0.15) is 0 Å². The standard InChI is InChI=1S/C23H26N6OS/c31-23-26-21(19-6-1-2-9-25-19)22(29(23)12-11-27-13-15-30-16-14-27)20-7-4-10-28(20)18-5-3-8-24-17-18/h1-10,17,21-22H,11-16H2,(H,26,31). The zero-order valence-electron chi connectivity index (χ0n) is 17.3. The van der Waals surface area contributed by atoms with E-state index in [1.165, 1.54) is 0 Å². The first kappa shape index (κ1) is 20.1. The molecule has 2 atom stereocenters. The largest absolute Gasteiger partial charge is 0.379 e.